The summed E-state index contributed by atoms with van der Waals surface area (Å²) in [6.45, 7) is 12.8. The fourth-order valence-corrected chi connectivity index (χ4v) is 5.36. The highest BCUT2D eigenvalue weighted by Crippen LogP contribution is 2.43. The average molecular weight is 441 g/mol. The van der Waals surface area contributed by atoms with Crippen molar-refractivity contribution in [2.24, 2.45) is 11.8 Å². The minimum Gasteiger partial charge on any atom is -0.467 e. The monoisotopic (exact) mass is 440 g/mol. The van der Waals surface area contributed by atoms with Crippen LogP contribution in [0.3, 0.4) is 0 Å². The zero-order valence-electron chi connectivity index (χ0n) is 19.5. The second kappa shape index (κ2) is 9.82. The van der Waals surface area contributed by atoms with E-state index in [0.29, 0.717) is 13.0 Å². The van der Waals surface area contributed by atoms with Gasteiger partial charge in [-0.3, -0.25) is 0 Å². The molecule has 6 atom stereocenters. The molecule has 0 aromatic rings. The topological polar surface area (TPSA) is 63.2 Å². The molecule has 0 N–H and O–H groups in total. The van der Waals surface area contributed by atoms with Gasteiger partial charge in [0.1, 0.15) is 0 Å². The Labute approximate surface area is 182 Å². The molecular weight excluding hydrogens is 400 g/mol. The Morgan fingerprint density at radius 2 is 2.00 bits per heavy atom. The van der Waals surface area contributed by atoms with E-state index >= 15 is 0 Å². The Hall–Kier alpha value is -0.733. The maximum absolute atomic E-state index is 12.1. The van der Waals surface area contributed by atoms with E-state index in [-0.39, 0.29) is 41.3 Å². The molecule has 7 heteroatoms. The zero-order valence-corrected chi connectivity index (χ0v) is 20.5. The molecule has 1 unspecified atom stereocenters. The minimum absolute atomic E-state index is 0.00563. The number of carbonyl (C=O) groups excluding carboxylic acids is 1. The largest absolute Gasteiger partial charge is 0.467 e. The van der Waals surface area contributed by atoms with Gasteiger partial charge in [-0.25, -0.2) is 4.79 Å². The van der Waals surface area contributed by atoms with Crippen LogP contribution in [0.4, 0.5) is 0 Å². The minimum atomic E-state index is -1.89. The highest BCUT2D eigenvalue weighted by molar-refractivity contribution is 6.74. The predicted octanol–water partition coefficient (Wildman–Crippen LogP) is 4.44. The van der Waals surface area contributed by atoms with Crippen LogP contribution in [0.5, 0.6) is 0 Å². The van der Waals surface area contributed by atoms with Gasteiger partial charge in [-0.2, -0.15) is 0 Å². The first kappa shape index (κ1) is 23.9. The fraction of sp³-hybridized carbons (Fsp3) is 0.870. The van der Waals surface area contributed by atoms with Crippen LogP contribution < -0.4 is 0 Å². The van der Waals surface area contributed by atoms with Gasteiger partial charge >= 0.3 is 5.97 Å². The number of hydrogen-bond acceptors (Lipinski definition) is 6. The average Bonchev–Trinajstić information content (AvgIpc) is 2.86. The Kier molecular flexibility index (Phi) is 7.83. The van der Waals surface area contributed by atoms with E-state index in [1.807, 2.05) is 0 Å². The molecule has 2 heterocycles. The molecule has 0 spiro atoms. The molecule has 0 bridgehead atoms. The number of esters is 1. The standard InChI is InChI=1S/C23H40O6Si/c1-23(2,3)30(5,6)27-15-17-16-10-9-11-18(22(24)25-4)28-19(16)14-20(17)29-21-12-7-8-13-26-21/h9-10,16-21H,7-8,11-15H2,1-6H3/t16-,17-,18-,19+,20-,21?/m1/s1. The lowest BCUT2D eigenvalue weighted by atomic mass is 9.94. The van der Waals surface area contributed by atoms with Crippen molar-refractivity contribution >= 4 is 14.3 Å². The van der Waals surface area contributed by atoms with Crippen LogP contribution in [0.25, 0.3) is 0 Å². The van der Waals surface area contributed by atoms with Crippen molar-refractivity contribution in [3.8, 4) is 0 Å². The number of ether oxygens (including phenoxy) is 4. The van der Waals surface area contributed by atoms with E-state index in [2.05, 4.69) is 46.0 Å². The van der Waals surface area contributed by atoms with Crippen molar-refractivity contribution in [2.75, 3.05) is 20.3 Å². The van der Waals surface area contributed by atoms with Crippen LogP contribution in [0.15, 0.2) is 12.2 Å². The van der Waals surface area contributed by atoms with Crippen molar-refractivity contribution < 1.29 is 28.2 Å². The van der Waals surface area contributed by atoms with Crippen molar-refractivity contribution in [3.05, 3.63) is 12.2 Å². The molecular formula is C23H40O6Si. The van der Waals surface area contributed by atoms with Crippen LogP contribution in [0, 0.1) is 11.8 Å². The molecule has 0 aromatic heterocycles. The quantitative estimate of drug-likeness (QED) is 0.346. The summed E-state index contributed by atoms with van der Waals surface area (Å²) in [7, 11) is -0.475. The Morgan fingerprint density at radius 3 is 2.63 bits per heavy atom. The molecule has 0 radical (unpaired) electrons. The smallest absolute Gasteiger partial charge is 0.335 e. The molecule has 0 aromatic carbocycles. The number of carbonyl (C=O) groups is 1. The normalized spacial score (nSPS) is 35.0. The summed E-state index contributed by atoms with van der Waals surface area (Å²) in [5.74, 6) is 0.0367. The van der Waals surface area contributed by atoms with E-state index < -0.39 is 14.4 Å². The summed E-state index contributed by atoms with van der Waals surface area (Å²) in [4.78, 5) is 12.1. The van der Waals surface area contributed by atoms with Gasteiger partial charge in [0.25, 0.3) is 0 Å². The predicted molar refractivity (Wildman–Crippen MR) is 118 cm³/mol. The Balaban J connectivity index is 1.75. The summed E-state index contributed by atoms with van der Waals surface area (Å²) < 4.78 is 30.1. The van der Waals surface area contributed by atoms with E-state index in [9.17, 15) is 4.79 Å². The maximum atomic E-state index is 12.1. The molecule has 3 aliphatic rings. The second-order valence-corrected chi connectivity index (χ2v) is 15.2. The van der Waals surface area contributed by atoms with Gasteiger partial charge in [0.2, 0.25) is 0 Å². The summed E-state index contributed by atoms with van der Waals surface area (Å²) in [6.07, 6.45) is 7.95. The van der Waals surface area contributed by atoms with E-state index in [1.165, 1.54) is 7.11 Å². The first-order valence-corrected chi connectivity index (χ1v) is 14.3. The molecule has 0 amide bonds. The summed E-state index contributed by atoms with van der Waals surface area (Å²) >= 11 is 0. The third-order valence-corrected chi connectivity index (χ3v) is 11.8. The van der Waals surface area contributed by atoms with Gasteiger partial charge in [0, 0.05) is 37.9 Å². The van der Waals surface area contributed by atoms with Crippen LogP contribution in [-0.4, -0.2) is 59.2 Å². The molecule has 2 fully saturated rings. The van der Waals surface area contributed by atoms with Crippen LogP contribution in [0.2, 0.25) is 18.1 Å². The second-order valence-electron chi connectivity index (χ2n) is 10.4. The molecule has 2 aliphatic heterocycles. The van der Waals surface area contributed by atoms with Crippen molar-refractivity contribution in [1.82, 2.24) is 0 Å². The van der Waals surface area contributed by atoms with Gasteiger partial charge in [0.05, 0.1) is 19.3 Å². The summed E-state index contributed by atoms with van der Waals surface area (Å²) in [6, 6.07) is 0. The number of rotatable bonds is 6. The Bertz CT molecular complexity index is 607. The fourth-order valence-electron chi connectivity index (χ4n) is 4.32. The maximum Gasteiger partial charge on any atom is 0.335 e. The first-order valence-electron chi connectivity index (χ1n) is 11.4. The number of fused-ring (bicyclic) bond motifs is 1. The van der Waals surface area contributed by atoms with Crippen molar-refractivity contribution in [2.45, 2.75) is 95.6 Å². The van der Waals surface area contributed by atoms with Crippen LogP contribution in [-0.2, 0) is 28.2 Å². The summed E-state index contributed by atoms with van der Waals surface area (Å²) in [5.41, 5.74) is 0. The third kappa shape index (κ3) is 5.54. The first-order chi connectivity index (χ1) is 14.1. The zero-order chi connectivity index (χ0) is 21.9. The third-order valence-electron chi connectivity index (χ3n) is 7.28. The molecule has 1 saturated heterocycles. The molecule has 6 nitrogen and oxygen atoms in total. The molecule has 1 aliphatic carbocycles. The van der Waals surface area contributed by atoms with Crippen molar-refractivity contribution in [1.29, 1.82) is 0 Å². The SMILES string of the molecule is COC(=O)[C@H]1CC=C[C@@H]2[C@@H](CO[Si](C)(C)C(C)(C)C)[C@H](OC3CCCCO3)C[C@@H]2O1. The lowest BCUT2D eigenvalue weighted by molar-refractivity contribution is -0.198. The van der Waals surface area contributed by atoms with E-state index in [4.69, 9.17) is 23.4 Å². The lowest BCUT2D eigenvalue weighted by Gasteiger charge is -2.38. The van der Waals surface area contributed by atoms with Gasteiger partial charge in [0.15, 0.2) is 20.7 Å². The van der Waals surface area contributed by atoms with Gasteiger partial charge in [-0.1, -0.05) is 32.9 Å². The molecule has 30 heavy (non-hydrogen) atoms. The van der Waals surface area contributed by atoms with Crippen LogP contribution in [0.1, 0.15) is 52.9 Å². The number of methoxy groups -OCH3 is 1. The van der Waals surface area contributed by atoms with Crippen LogP contribution >= 0.6 is 0 Å². The van der Waals surface area contributed by atoms with Gasteiger partial charge in [-0.15, -0.1) is 0 Å². The Morgan fingerprint density at radius 1 is 1.23 bits per heavy atom. The molecule has 3 rings (SSSR count). The highest BCUT2D eigenvalue weighted by atomic mass is 28.4. The van der Waals surface area contributed by atoms with E-state index in [1.54, 1.807) is 0 Å². The van der Waals surface area contributed by atoms with Gasteiger partial charge < -0.3 is 23.4 Å². The molecule has 1 saturated carbocycles. The highest BCUT2D eigenvalue weighted by Gasteiger charge is 2.48. The molecule has 172 valence electrons. The number of hydrogen-bond donors (Lipinski definition) is 0. The van der Waals surface area contributed by atoms with E-state index in [0.717, 1.165) is 32.3 Å². The lowest BCUT2D eigenvalue weighted by Crippen LogP contribution is -2.44. The van der Waals surface area contributed by atoms with Crippen molar-refractivity contribution in [3.63, 3.8) is 0 Å². The van der Waals surface area contributed by atoms with Gasteiger partial charge in [-0.05, 0) is 37.4 Å². The summed E-state index contributed by atoms with van der Waals surface area (Å²) in [5, 5.41) is 0.152.